The first-order valence-corrected chi connectivity index (χ1v) is 8.73. The largest absolute Gasteiger partial charge is 0.351 e. The number of halogens is 1. The second kappa shape index (κ2) is 6.30. The molecule has 0 aliphatic carbocycles. The molecule has 1 amide bonds. The molecule has 24 heavy (non-hydrogen) atoms. The number of aromatic nitrogens is 3. The zero-order valence-corrected chi connectivity index (χ0v) is 14.1. The Labute approximate surface area is 147 Å². The lowest BCUT2D eigenvalue weighted by Crippen LogP contribution is -2.21. The van der Waals surface area contributed by atoms with Crippen molar-refractivity contribution < 1.29 is 4.79 Å². The standard InChI is InChI=1S/C17H13ClN4OS/c18-12-3-1-10(2-4-12)13-6-7-19-16(23)15-14(13)22-17(24-15)11-5-8-20-21-9-11/h1-5,8-9,13H,6-7H2,(H,19,23). The molecule has 0 saturated carbocycles. The lowest BCUT2D eigenvalue weighted by molar-refractivity contribution is 0.0960. The van der Waals surface area contributed by atoms with Crippen molar-refractivity contribution >= 4 is 28.8 Å². The van der Waals surface area contributed by atoms with Gasteiger partial charge in [0.15, 0.2) is 0 Å². The van der Waals surface area contributed by atoms with Crippen molar-refractivity contribution in [3.63, 3.8) is 0 Å². The number of hydrogen-bond acceptors (Lipinski definition) is 5. The fraction of sp³-hybridized carbons (Fsp3) is 0.176. The van der Waals surface area contributed by atoms with Gasteiger partial charge in [-0.05, 0) is 30.2 Å². The fourth-order valence-corrected chi connectivity index (χ4v) is 4.00. The number of fused-ring (bicyclic) bond motifs is 1. The quantitative estimate of drug-likeness (QED) is 0.762. The smallest absolute Gasteiger partial charge is 0.263 e. The van der Waals surface area contributed by atoms with Crippen LogP contribution in [0, 0.1) is 0 Å². The number of nitrogens with zero attached hydrogens (tertiary/aromatic N) is 3. The number of nitrogens with one attached hydrogen (secondary N) is 1. The van der Waals surface area contributed by atoms with Crippen LogP contribution in [-0.4, -0.2) is 27.6 Å². The average molecular weight is 357 g/mol. The number of carbonyl (C=O) groups is 1. The fourth-order valence-electron chi connectivity index (χ4n) is 2.84. The lowest BCUT2D eigenvalue weighted by atomic mass is 9.92. The summed E-state index contributed by atoms with van der Waals surface area (Å²) in [4.78, 5) is 17.8. The molecule has 3 heterocycles. The van der Waals surface area contributed by atoms with E-state index < -0.39 is 0 Å². The molecule has 5 nitrogen and oxygen atoms in total. The first kappa shape index (κ1) is 15.2. The van der Waals surface area contributed by atoms with Gasteiger partial charge in [0, 0.05) is 23.0 Å². The average Bonchev–Trinajstić information content (AvgIpc) is 2.99. The molecule has 2 aromatic heterocycles. The molecule has 0 fully saturated rings. The van der Waals surface area contributed by atoms with Gasteiger partial charge < -0.3 is 5.32 Å². The van der Waals surface area contributed by atoms with E-state index in [9.17, 15) is 4.79 Å². The summed E-state index contributed by atoms with van der Waals surface area (Å²) in [5, 5.41) is 12.1. The van der Waals surface area contributed by atoms with Gasteiger partial charge in [0.1, 0.15) is 9.88 Å². The zero-order valence-electron chi connectivity index (χ0n) is 12.6. The first-order chi connectivity index (χ1) is 11.7. The number of amides is 1. The predicted molar refractivity (Wildman–Crippen MR) is 93.4 cm³/mol. The normalized spacial score (nSPS) is 17.0. The van der Waals surface area contributed by atoms with Gasteiger partial charge in [-0.2, -0.15) is 10.2 Å². The molecule has 0 bridgehead atoms. The minimum atomic E-state index is -0.0628. The maximum absolute atomic E-state index is 12.4. The molecule has 1 atom stereocenters. The van der Waals surface area contributed by atoms with Gasteiger partial charge in [-0.1, -0.05) is 23.7 Å². The maximum Gasteiger partial charge on any atom is 0.263 e. The van der Waals surface area contributed by atoms with Crippen LogP contribution >= 0.6 is 22.9 Å². The van der Waals surface area contributed by atoms with Gasteiger partial charge in [0.2, 0.25) is 0 Å². The van der Waals surface area contributed by atoms with Crippen LogP contribution < -0.4 is 5.32 Å². The molecule has 7 heteroatoms. The minimum Gasteiger partial charge on any atom is -0.351 e. The summed E-state index contributed by atoms with van der Waals surface area (Å²) in [6, 6.07) is 9.59. The Kier molecular flexibility index (Phi) is 4.00. The molecule has 1 N–H and O–H groups in total. The Bertz CT molecular complexity index is 879. The third-order valence-corrected chi connectivity index (χ3v) is 5.38. The zero-order chi connectivity index (χ0) is 16.5. The van der Waals surface area contributed by atoms with E-state index in [0.29, 0.717) is 16.4 Å². The first-order valence-electron chi connectivity index (χ1n) is 7.54. The SMILES string of the molecule is O=C1NCCC(c2ccc(Cl)cc2)c2nc(-c3ccnnc3)sc21. The lowest BCUT2D eigenvalue weighted by Gasteiger charge is -2.13. The van der Waals surface area contributed by atoms with Gasteiger partial charge in [-0.15, -0.1) is 11.3 Å². The summed E-state index contributed by atoms with van der Waals surface area (Å²) in [7, 11) is 0. The Morgan fingerprint density at radius 2 is 2.00 bits per heavy atom. The van der Waals surface area contributed by atoms with Crippen LogP contribution in [0.2, 0.25) is 5.02 Å². The van der Waals surface area contributed by atoms with Gasteiger partial charge in [-0.3, -0.25) is 4.79 Å². The number of hydrogen-bond donors (Lipinski definition) is 1. The van der Waals surface area contributed by atoms with E-state index in [-0.39, 0.29) is 11.8 Å². The molecule has 1 aliphatic heterocycles. The van der Waals surface area contributed by atoms with Crippen molar-refractivity contribution in [3.05, 3.63) is 63.9 Å². The van der Waals surface area contributed by atoms with Gasteiger partial charge in [0.05, 0.1) is 18.1 Å². The molecule has 3 aromatic rings. The van der Waals surface area contributed by atoms with Crippen LogP contribution in [0.4, 0.5) is 0 Å². The highest BCUT2D eigenvalue weighted by molar-refractivity contribution is 7.17. The van der Waals surface area contributed by atoms with E-state index in [1.54, 1.807) is 12.4 Å². The monoisotopic (exact) mass is 356 g/mol. The summed E-state index contributed by atoms with van der Waals surface area (Å²) >= 11 is 7.39. The molecule has 1 aliphatic rings. The topological polar surface area (TPSA) is 67.8 Å². The number of carbonyl (C=O) groups excluding carboxylic acids is 1. The molecule has 120 valence electrons. The van der Waals surface area contributed by atoms with Gasteiger partial charge >= 0.3 is 0 Å². The van der Waals surface area contributed by atoms with E-state index >= 15 is 0 Å². The van der Waals surface area contributed by atoms with Crippen molar-refractivity contribution in [1.29, 1.82) is 0 Å². The van der Waals surface area contributed by atoms with E-state index in [0.717, 1.165) is 28.2 Å². The highest BCUT2D eigenvalue weighted by atomic mass is 35.5. The summed E-state index contributed by atoms with van der Waals surface area (Å²) < 4.78 is 0. The predicted octanol–water partition coefficient (Wildman–Crippen LogP) is 3.52. The highest BCUT2D eigenvalue weighted by Gasteiger charge is 2.29. The van der Waals surface area contributed by atoms with E-state index in [1.807, 2.05) is 30.3 Å². The van der Waals surface area contributed by atoms with Crippen LogP contribution in [0.25, 0.3) is 10.6 Å². The molecule has 0 saturated heterocycles. The van der Waals surface area contributed by atoms with E-state index in [1.165, 1.54) is 11.3 Å². The van der Waals surface area contributed by atoms with Crippen molar-refractivity contribution in [2.24, 2.45) is 0 Å². The number of benzene rings is 1. The molecule has 0 spiro atoms. The number of thiazole rings is 1. The molecule has 0 radical (unpaired) electrons. The Morgan fingerprint density at radius 1 is 1.17 bits per heavy atom. The molecule has 1 aromatic carbocycles. The third-order valence-electron chi connectivity index (χ3n) is 4.01. The van der Waals surface area contributed by atoms with Crippen molar-refractivity contribution in [3.8, 4) is 10.6 Å². The van der Waals surface area contributed by atoms with Crippen LogP contribution in [0.1, 0.15) is 33.3 Å². The minimum absolute atomic E-state index is 0.0628. The van der Waals surface area contributed by atoms with Crippen molar-refractivity contribution in [2.75, 3.05) is 6.54 Å². The van der Waals surface area contributed by atoms with Gasteiger partial charge in [-0.25, -0.2) is 4.98 Å². The molecular weight excluding hydrogens is 344 g/mol. The van der Waals surface area contributed by atoms with Crippen LogP contribution in [0.3, 0.4) is 0 Å². The van der Waals surface area contributed by atoms with Crippen LogP contribution in [0.15, 0.2) is 42.7 Å². The number of rotatable bonds is 2. The van der Waals surface area contributed by atoms with E-state index in [2.05, 4.69) is 15.5 Å². The van der Waals surface area contributed by atoms with Crippen LogP contribution in [0.5, 0.6) is 0 Å². The Morgan fingerprint density at radius 3 is 2.75 bits per heavy atom. The van der Waals surface area contributed by atoms with Crippen molar-refractivity contribution in [1.82, 2.24) is 20.5 Å². The summed E-state index contributed by atoms with van der Waals surface area (Å²) in [6.45, 7) is 0.626. The van der Waals surface area contributed by atoms with Crippen LogP contribution in [-0.2, 0) is 0 Å². The second-order valence-electron chi connectivity index (χ2n) is 5.51. The summed E-state index contributed by atoms with van der Waals surface area (Å²) in [5.74, 6) is 0.00300. The Balaban J connectivity index is 1.82. The Hall–Kier alpha value is -2.31. The molecule has 1 unspecified atom stereocenters. The summed E-state index contributed by atoms with van der Waals surface area (Å²) in [6.07, 6.45) is 4.09. The van der Waals surface area contributed by atoms with Crippen molar-refractivity contribution in [2.45, 2.75) is 12.3 Å². The molecular formula is C17H13ClN4OS. The summed E-state index contributed by atoms with van der Waals surface area (Å²) in [5.41, 5.74) is 2.80. The second-order valence-corrected chi connectivity index (χ2v) is 6.95. The maximum atomic E-state index is 12.4. The third kappa shape index (κ3) is 2.79. The van der Waals surface area contributed by atoms with Gasteiger partial charge in [0.25, 0.3) is 5.91 Å². The van der Waals surface area contributed by atoms with E-state index in [4.69, 9.17) is 16.6 Å². The highest BCUT2D eigenvalue weighted by Crippen LogP contribution is 2.37. The molecule has 4 rings (SSSR count).